The van der Waals surface area contributed by atoms with Crippen LogP contribution in [0, 0.1) is 6.92 Å². The fourth-order valence-electron chi connectivity index (χ4n) is 2.44. The molecule has 1 aromatic rings. The highest BCUT2D eigenvalue weighted by molar-refractivity contribution is 7.10. The molecule has 3 atom stereocenters. The summed E-state index contributed by atoms with van der Waals surface area (Å²) in [6.07, 6.45) is 1.12. The third-order valence-corrected chi connectivity index (χ3v) is 4.83. The predicted octanol–water partition coefficient (Wildman–Crippen LogP) is 3.19. The fraction of sp³-hybridized carbons (Fsp3) is 0.733. The normalized spacial score (nSPS) is 16.6. The van der Waals surface area contributed by atoms with Crippen molar-refractivity contribution in [3.63, 3.8) is 0 Å². The van der Waals surface area contributed by atoms with E-state index >= 15 is 0 Å². The van der Waals surface area contributed by atoms with Gasteiger partial charge in [0.25, 0.3) is 0 Å². The molecule has 0 saturated heterocycles. The van der Waals surface area contributed by atoms with Crippen molar-refractivity contribution in [3.8, 4) is 0 Å². The molecular weight excluding hydrogens is 256 g/mol. The molecular formula is C15H28N2OS. The summed E-state index contributed by atoms with van der Waals surface area (Å²) in [5.74, 6) is 0. The molecule has 0 aliphatic heterocycles. The number of ether oxygens (including phenoxy) is 1. The van der Waals surface area contributed by atoms with Crippen LogP contribution in [0.4, 0.5) is 0 Å². The van der Waals surface area contributed by atoms with Crippen molar-refractivity contribution in [1.29, 1.82) is 0 Å². The summed E-state index contributed by atoms with van der Waals surface area (Å²) in [5, 5.41) is 2.16. The van der Waals surface area contributed by atoms with E-state index in [2.05, 4.69) is 44.0 Å². The van der Waals surface area contributed by atoms with Gasteiger partial charge in [-0.3, -0.25) is 4.90 Å². The van der Waals surface area contributed by atoms with E-state index in [1.807, 2.05) is 11.3 Å². The Hall–Kier alpha value is -0.420. The highest BCUT2D eigenvalue weighted by Gasteiger charge is 2.28. The van der Waals surface area contributed by atoms with Crippen LogP contribution in [0.25, 0.3) is 0 Å². The van der Waals surface area contributed by atoms with Crippen LogP contribution in [0.3, 0.4) is 0 Å². The Morgan fingerprint density at radius 1 is 1.42 bits per heavy atom. The lowest BCUT2D eigenvalue weighted by atomic mass is 10.0. The van der Waals surface area contributed by atoms with Gasteiger partial charge in [-0.15, -0.1) is 11.3 Å². The van der Waals surface area contributed by atoms with Gasteiger partial charge in [-0.1, -0.05) is 6.92 Å². The summed E-state index contributed by atoms with van der Waals surface area (Å²) in [6, 6.07) is 3.08. The quantitative estimate of drug-likeness (QED) is 0.797. The first-order valence-corrected chi connectivity index (χ1v) is 7.95. The number of rotatable bonds is 8. The van der Waals surface area contributed by atoms with Crippen LogP contribution in [0.2, 0.25) is 0 Å². The number of hydrogen-bond acceptors (Lipinski definition) is 4. The zero-order valence-electron chi connectivity index (χ0n) is 12.8. The molecule has 1 aromatic heterocycles. The minimum absolute atomic E-state index is 0.114. The Balaban J connectivity index is 3.01. The van der Waals surface area contributed by atoms with E-state index in [-0.39, 0.29) is 12.1 Å². The van der Waals surface area contributed by atoms with Gasteiger partial charge in [0.2, 0.25) is 0 Å². The van der Waals surface area contributed by atoms with Crippen LogP contribution in [0.15, 0.2) is 11.4 Å². The van der Waals surface area contributed by atoms with Gasteiger partial charge >= 0.3 is 0 Å². The summed E-state index contributed by atoms with van der Waals surface area (Å²) in [7, 11) is 1.76. The second-order valence-electron chi connectivity index (χ2n) is 5.26. The lowest BCUT2D eigenvalue weighted by molar-refractivity contribution is 0.0798. The van der Waals surface area contributed by atoms with E-state index in [4.69, 9.17) is 10.5 Å². The zero-order chi connectivity index (χ0) is 14.4. The molecule has 3 nitrogen and oxygen atoms in total. The number of aryl methyl sites for hydroxylation is 1. The van der Waals surface area contributed by atoms with E-state index in [1.54, 1.807) is 7.11 Å². The number of thiophene rings is 1. The number of nitrogens with zero attached hydrogens (tertiary/aromatic N) is 1. The third kappa shape index (κ3) is 4.28. The fourth-order valence-corrected chi connectivity index (χ4v) is 3.61. The molecule has 0 aromatic carbocycles. The van der Waals surface area contributed by atoms with Crippen molar-refractivity contribution in [3.05, 3.63) is 21.9 Å². The van der Waals surface area contributed by atoms with Gasteiger partial charge in [-0.2, -0.15) is 0 Å². The van der Waals surface area contributed by atoms with Crippen LogP contribution in [0.1, 0.15) is 43.7 Å². The van der Waals surface area contributed by atoms with E-state index in [1.165, 1.54) is 10.4 Å². The van der Waals surface area contributed by atoms with Gasteiger partial charge in [-0.25, -0.2) is 0 Å². The van der Waals surface area contributed by atoms with Crippen LogP contribution in [-0.4, -0.2) is 37.2 Å². The van der Waals surface area contributed by atoms with Crippen molar-refractivity contribution < 1.29 is 4.74 Å². The maximum atomic E-state index is 6.29. The Morgan fingerprint density at radius 2 is 2.11 bits per heavy atom. The lowest BCUT2D eigenvalue weighted by Crippen LogP contribution is -2.45. The van der Waals surface area contributed by atoms with Crippen LogP contribution < -0.4 is 5.73 Å². The highest BCUT2D eigenvalue weighted by Crippen LogP contribution is 2.32. The molecule has 0 saturated carbocycles. The summed E-state index contributed by atoms with van der Waals surface area (Å²) < 4.78 is 5.27. The maximum absolute atomic E-state index is 6.29. The van der Waals surface area contributed by atoms with Crippen LogP contribution in [0.5, 0.6) is 0 Å². The zero-order valence-corrected chi connectivity index (χ0v) is 13.7. The molecule has 0 aliphatic rings. The average molecular weight is 284 g/mol. The summed E-state index contributed by atoms with van der Waals surface area (Å²) >= 11 is 1.81. The predicted molar refractivity (Wildman–Crippen MR) is 83.8 cm³/mol. The lowest BCUT2D eigenvalue weighted by Gasteiger charge is -2.38. The molecule has 0 aliphatic carbocycles. The first kappa shape index (κ1) is 16.6. The van der Waals surface area contributed by atoms with Crippen molar-refractivity contribution in [2.75, 3.05) is 20.3 Å². The third-order valence-electron chi connectivity index (χ3n) is 3.74. The van der Waals surface area contributed by atoms with Gasteiger partial charge < -0.3 is 10.5 Å². The molecule has 0 spiro atoms. The standard InChI is InChI=1S/C15H28N2OS/c1-6-12(3)17(8-9-18-5)14(13(4)16)15-11(2)7-10-19-15/h7,10,12-14H,6,8-9,16H2,1-5H3. The van der Waals surface area contributed by atoms with Gasteiger partial charge in [0, 0.05) is 30.6 Å². The molecule has 0 bridgehead atoms. The summed E-state index contributed by atoms with van der Waals surface area (Å²) in [4.78, 5) is 3.89. The molecule has 0 fully saturated rings. The van der Waals surface area contributed by atoms with Gasteiger partial charge in [0.15, 0.2) is 0 Å². The van der Waals surface area contributed by atoms with E-state index in [0.29, 0.717) is 6.04 Å². The summed E-state index contributed by atoms with van der Waals surface area (Å²) in [5.41, 5.74) is 7.63. The Kier molecular flexibility index (Phi) is 7.00. The topological polar surface area (TPSA) is 38.5 Å². The van der Waals surface area contributed by atoms with Crippen molar-refractivity contribution in [2.24, 2.45) is 5.73 Å². The summed E-state index contributed by atoms with van der Waals surface area (Å²) in [6.45, 7) is 10.4. The van der Waals surface area contributed by atoms with Crippen molar-refractivity contribution >= 4 is 11.3 Å². The highest BCUT2D eigenvalue weighted by atomic mass is 32.1. The second-order valence-corrected chi connectivity index (χ2v) is 6.21. The molecule has 1 rings (SSSR count). The first-order valence-electron chi connectivity index (χ1n) is 7.07. The van der Waals surface area contributed by atoms with Crippen LogP contribution in [-0.2, 0) is 4.74 Å². The monoisotopic (exact) mass is 284 g/mol. The number of hydrogen-bond donors (Lipinski definition) is 1. The number of methoxy groups -OCH3 is 1. The molecule has 0 radical (unpaired) electrons. The van der Waals surface area contributed by atoms with Gasteiger partial charge in [0.1, 0.15) is 0 Å². The molecule has 1 heterocycles. The van der Waals surface area contributed by atoms with Gasteiger partial charge in [0.05, 0.1) is 12.6 Å². The maximum Gasteiger partial charge on any atom is 0.0596 e. The molecule has 4 heteroatoms. The molecule has 2 N–H and O–H groups in total. The minimum atomic E-state index is 0.114. The molecule has 110 valence electrons. The van der Waals surface area contributed by atoms with Crippen molar-refractivity contribution in [1.82, 2.24) is 4.90 Å². The molecule has 3 unspecified atom stereocenters. The van der Waals surface area contributed by atoms with Crippen LogP contribution >= 0.6 is 11.3 Å². The smallest absolute Gasteiger partial charge is 0.0596 e. The van der Waals surface area contributed by atoms with Crippen molar-refractivity contribution in [2.45, 2.75) is 52.2 Å². The Morgan fingerprint density at radius 3 is 2.53 bits per heavy atom. The largest absolute Gasteiger partial charge is 0.383 e. The van der Waals surface area contributed by atoms with Gasteiger partial charge in [-0.05, 0) is 44.2 Å². The SMILES string of the molecule is CCC(C)N(CCOC)C(c1sccc1C)C(C)N. The molecule has 19 heavy (non-hydrogen) atoms. The minimum Gasteiger partial charge on any atom is -0.383 e. The Labute approximate surface area is 121 Å². The van der Waals surface area contributed by atoms with E-state index in [0.717, 1.165) is 19.6 Å². The Bertz CT molecular complexity index is 365. The van der Waals surface area contributed by atoms with E-state index < -0.39 is 0 Å². The average Bonchev–Trinajstić information content (AvgIpc) is 2.79. The molecule has 0 amide bonds. The number of nitrogens with two attached hydrogens (primary N) is 1. The first-order chi connectivity index (χ1) is 9.02. The van der Waals surface area contributed by atoms with E-state index in [9.17, 15) is 0 Å². The second kappa shape index (κ2) is 8.00.